The van der Waals surface area contributed by atoms with Gasteiger partial charge in [0.2, 0.25) is 0 Å². The fourth-order valence-electron chi connectivity index (χ4n) is 3.26. The predicted octanol–water partition coefficient (Wildman–Crippen LogP) is 2.82. The Morgan fingerprint density at radius 3 is 2.78 bits per heavy atom. The summed E-state index contributed by atoms with van der Waals surface area (Å²) in [5.74, 6) is 0.157. The van der Waals surface area contributed by atoms with Crippen molar-refractivity contribution in [2.75, 3.05) is 26.3 Å². The lowest BCUT2D eigenvalue weighted by Crippen LogP contribution is -2.35. The Hall–Kier alpha value is -3.10. The molecule has 0 aliphatic carbocycles. The van der Waals surface area contributed by atoms with Gasteiger partial charge >= 0.3 is 6.16 Å². The Morgan fingerprint density at radius 2 is 2.07 bits per heavy atom. The summed E-state index contributed by atoms with van der Waals surface area (Å²) in [6, 6.07) is 8.58. The van der Waals surface area contributed by atoms with Crippen molar-refractivity contribution in [3.63, 3.8) is 0 Å². The van der Waals surface area contributed by atoms with Gasteiger partial charge in [-0.25, -0.2) is 4.79 Å². The summed E-state index contributed by atoms with van der Waals surface area (Å²) in [6.45, 7) is 4.09. The number of carbonyl (C=O) groups is 1. The summed E-state index contributed by atoms with van der Waals surface area (Å²) in [6.07, 6.45) is 0.405. The Morgan fingerprint density at radius 1 is 1.26 bits per heavy atom. The van der Waals surface area contributed by atoms with Crippen LogP contribution in [0.25, 0.3) is 22.2 Å². The molecule has 27 heavy (non-hydrogen) atoms. The van der Waals surface area contributed by atoms with Crippen molar-refractivity contribution in [2.24, 2.45) is 0 Å². The molecule has 0 saturated carbocycles. The number of hydrogen-bond acceptors (Lipinski definition) is 6. The van der Waals surface area contributed by atoms with Crippen LogP contribution in [-0.4, -0.2) is 57.5 Å². The fourth-order valence-corrected chi connectivity index (χ4v) is 3.26. The number of carboxylic acid groups (broad SMARTS) is 1. The van der Waals surface area contributed by atoms with E-state index in [4.69, 9.17) is 14.6 Å². The minimum atomic E-state index is -1.39. The van der Waals surface area contributed by atoms with Gasteiger partial charge in [-0.1, -0.05) is 6.07 Å². The van der Waals surface area contributed by atoms with Gasteiger partial charge in [0.25, 0.3) is 0 Å². The molecule has 0 spiro atoms. The van der Waals surface area contributed by atoms with Gasteiger partial charge in [0.15, 0.2) is 5.88 Å². The highest BCUT2D eigenvalue weighted by atomic mass is 16.7. The third-order valence-corrected chi connectivity index (χ3v) is 4.55. The number of aromatic nitrogens is 2. The van der Waals surface area contributed by atoms with Crippen LogP contribution in [0.4, 0.5) is 4.79 Å². The van der Waals surface area contributed by atoms with E-state index in [2.05, 4.69) is 14.9 Å². The zero-order valence-corrected chi connectivity index (χ0v) is 14.5. The van der Waals surface area contributed by atoms with E-state index in [9.17, 15) is 9.90 Å². The number of morpholine rings is 1. The highest BCUT2D eigenvalue weighted by molar-refractivity contribution is 5.98. The van der Waals surface area contributed by atoms with E-state index in [1.54, 1.807) is 18.3 Å². The highest BCUT2D eigenvalue weighted by Gasteiger charge is 2.16. The maximum atomic E-state index is 10.8. The molecule has 8 heteroatoms. The minimum Gasteiger partial charge on any atom is -0.494 e. The smallest absolute Gasteiger partial charge is 0.494 e. The number of pyridine rings is 1. The Bertz CT molecular complexity index is 961. The number of rotatable bonds is 4. The summed E-state index contributed by atoms with van der Waals surface area (Å²) < 4.78 is 10.1. The molecule has 1 fully saturated rings. The first kappa shape index (κ1) is 17.3. The Balaban J connectivity index is 1.62. The summed E-state index contributed by atoms with van der Waals surface area (Å²) in [5.41, 5.74) is 2.85. The zero-order chi connectivity index (χ0) is 18.8. The van der Waals surface area contributed by atoms with Gasteiger partial charge < -0.3 is 24.7 Å². The number of benzene rings is 1. The molecule has 0 radical (unpaired) electrons. The van der Waals surface area contributed by atoms with Crippen molar-refractivity contribution in [3.8, 4) is 22.9 Å². The van der Waals surface area contributed by atoms with E-state index in [0.717, 1.165) is 38.4 Å². The molecule has 0 bridgehead atoms. The molecule has 2 aromatic heterocycles. The van der Waals surface area contributed by atoms with E-state index in [1.165, 1.54) is 6.07 Å². The maximum Gasteiger partial charge on any atom is 0.511 e. The molecular weight excluding hydrogens is 350 g/mol. The van der Waals surface area contributed by atoms with E-state index in [0.29, 0.717) is 22.2 Å². The lowest BCUT2D eigenvalue weighted by molar-refractivity contribution is 0.0341. The van der Waals surface area contributed by atoms with Crippen LogP contribution in [0.3, 0.4) is 0 Å². The third-order valence-electron chi connectivity index (χ3n) is 4.55. The Kier molecular flexibility index (Phi) is 4.66. The fraction of sp³-hybridized carbons (Fsp3) is 0.263. The molecule has 1 aromatic carbocycles. The summed E-state index contributed by atoms with van der Waals surface area (Å²) in [4.78, 5) is 20.4. The van der Waals surface area contributed by atoms with E-state index >= 15 is 0 Å². The maximum absolute atomic E-state index is 10.8. The number of ether oxygens (including phenoxy) is 2. The first-order valence-corrected chi connectivity index (χ1v) is 8.61. The van der Waals surface area contributed by atoms with Crippen LogP contribution in [0.5, 0.6) is 11.6 Å². The number of aromatic amines is 1. The van der Waals surface area contributed by atoms with Gasteiger partial charge in [-0.2, -0.15) is 0 Å². The van der Waals surface area contributed by atoms with Crippen LogP contribution in [0.2, 0.25) is 0 Å². The number of nitrogens with one attached hydrogen (secondary N) is 1. The molecule has 4 rings (SSSR count). The normalized spacial score (nSPS) is 15.1. The molecule has 3 aromatic rings. The number of fused-ring (bicyclic) bond motifs is 1. The summed E-state index contributed by atoms with van der Waals surface area (Å²) in [5, 5.41) is 19.7. The van der Waals surface area contributed by atoms with Gasteiger partial charge in [-0.3, -0.25) is 9.88 Å². The molecule has 0 unspecified atom stereocenters. The number of nitrogens with zero attached hydrogens (tertiary/aromatic N) is 2. The van der Waals surface area contributed by atoms with Crippen molar-refractivity contribution in [1.29, 1.82) is 0 Å². The van der Waals surface area contributed by atoms with Crippen LogP contribution < -0.4 is 4.74 Å². The molecule has 1 saturated heterocycles. The monoisotopic (exact) mass is 369 g/mol. The van der Waals surface area contributed by atoms with Gasteiger partial charge in [-0.05, 0) is 29.8 Å². The molecule has 0 atom stereocenters. The SMILES string of the molecule is O=C(O)Oc1ccc2[nH]c(O)c(-c3ccc(CN4CCOCC4)cn3)c2c1. The minimum absolute atomic E-state index is 0.0223. The van der Waals surface area contributed by atoms with Crippen molar-refractivity contribution >= 4 is 17.1 Å². The lowest BCUT2D eigenvalue weighted by Gasteiger charge is -2.26. The molecule has 140 valence electrons. The van der Waals surface area contributed by atoms with Gasteiger partial charge in [-0.15, -0.1) is 0 Å². The molecule has 8 nitrogen and oxygen atoms in total. The van der Waals surface area contributed by atoms with Crippen molar-refractivity contribution < 1.29 is 24.5 Å². The van der Waals surface area contributed by atoms with Gasteiger partial charge in [0, 0.05) is 36.7 Å². The number of hydrogen-bond donors (Lipinski definition) is 3. The second kappa shape index (κ2) is 7.26. The van der Waals surface area contributed by atoms with E-state index < -0.39 is 6.16 Å². The first-order valence-electron chi connectivity index (χ1n) is 8.61. The first-order chi connectivity index (χ1) is 13.1. The second-order valence-corrected chi connectivity index (χ2v) is 6.36. The van der Waals surface area contributed by atoms with E-state index in [-0.39, 0.29) is 11.6 Å². The lowest BCUT2D eigenvalue weighted by atomic mass is 10.1. The van der Waals surface area contributed by atoms with E-state index in [1.807, 2.05) is 12.1 Å². The third kappa shape index (κ3) is 3.71. The molecule has 1 aliphatic heterocycles. The molecule has 3 N–H and O–H groups in total. The number of aromatic hydroxyl groups is 1. The van der Waals surface area contributed by atoms with Crippen molar-refractivity contribution in [1.82, 2.24) is 14.9 Å². The molecule has 1 aliphatic rings. The number of H-pyrrole nitrogens is 1. The molecule has 3 heterocycles. The van der Waals surface area contributed by atoms with Crippen LogP contribution in [-0.2, 0) is 11.3 Å². The van der Waals surface area contributed by atoms with Crippen LogP contribution >= 0.6 is 0 Å². The molecular formula is C19H19N3O5. The zero-order valence-electron chi connectivity index (χ0n) is 14.5. The van der Waals surface area contributed by atoms with Gasteiger partial charge in [0.05, 0.1) is 24.5 Å². The highest BCUT2D eigenvalue weighted by Crippen LogP contribution is 2.37. The van der Waals surface area contributed by atoms with Gasteiger partial charge in [0.1, 0.15) is 5.75 Å². The quantitative estimate of drug-likeness (QED) is 0.479. The van der Waals surface area contributed by atoms with Crippen LogP contribution in [0, 0.1) is 0 Å². The standard InChI is InChI=1S/C19H19N3O5/c23-18-17(14-9-13(27-19(24)25)2-4-15(14)21-18)16-3-1-12(10-20-16)11-22-5-7-26-8-6-22/h1-4,9-10,21,23H,5-8,11H2,(H,24,25). The summed E-state index contributed by atoms with van der Waals surface area (Å²) >= 11 is 0. The second-order valence-electron chi connectivity index (χ2n) is 6.36. The Labute approximate surface area is 155 Å². The average Bonchev–Trinajstić information content (AvgIpc) is 2.98. The molecule has 0 amide bonds. The van der Waals surface area contributed by atoms with Crippen LogP contribution in [0.15, 0.2) is 36.5 Å². The van der Waals surface area contributed by atoms with Crippen molar-refractivity contribution in [2.45, 2.75) is 6.54 Å². The predicted molar refractivity (Wildman–Crippen MR) is 97.9 cm³/mol. The largest absolute Gasteiger partial charge is 0.511 e. The van der Waals surface area contributed by atoms with Crippen LogP contribution in [0.1, 0.15) is 5.56 Å². The van der Waals surface area contributed by atoms with Crippen molar-refractivity contribution in [3.05, 3.63) is 42.1 Å². The average molecular weight is 369 g/mol. The topological polar surface area (TPSA) is 108 Å². The summed E-state index contributed by atoms with van der Waals surface area (Å²) in [7, 11) is 0.